The predicted octanol–water partition coefficient (Wildman–Crippen LogP) is 1.65. The van der Waals surface area contributed by atoms with Crippen LogP contribution < -0.4 is 5.32 Å². The molecule has 4 heteroatoms. The quantitative estimate of drug-likeness (QED) is 0.627. The van der Waals surface area contributed by atoms with Crippen LogP contribution in [-0.2, 0) is 4.79 Å². The third kappa shape index (κ3) is 8.75. The fraction of sp³-hybridized carbons (Fsp3) is 0.909. The van der Waals surface area contributed by atoms with Crippen molar-refractivity contribution in [1.82, 2.24) is 5.32 Å². The average molecular weight is 233 g/mol. The molecule has 1 atom stereocenters. The Bertz CT molecular complexity index is 174. The van der Waals surface area contributed by atoms with Crippen molar-refractivity contribution in [3.8, 4) is 0 Å². The van der Waals surface area contributed by atoms with Crippen molar-refractivity contribution in [1.29, 1.82) is 0 Å². The summed E-state index contributed by atoms with van der Waals surface area (Å²) in [5, 5.41) is 12.3. The van der Waals surface area contributed by atoms with Gasteiger partial charge in [-0.1, -0.05) is 20.8 Å². The van der Waals surface area contributed by atoms with E-state index >= 15 is 0 Å². The van der Waals surface area contributed by atoms with Gasteiger partial charge in [0.25, 0.3) is 0 Å². The van der Waals surface area contributed by atoms with Crippen LogP contribution in [0.5, 0.6) is 0 Å². The minimum atomic E-state index is -0.310. The van der Waals surface area contributed by atoms with Crippen LogP contribution in [0.3, 0.4) is 0 Å². The smallest absolute Gasteiger partial charge is 0.220 e. The lowest BCUT2D eigenvalue weighted by Crippen LogP contribution is -2.28. The van der Waals surface area contributed by atoms with Gasteiger partial charge in [-0.3, -0.25) is 4.79 Å². The third-order valence-electron chi connectivity index (χ3n) is 2.21. The normalized spacial score (nSPS) is 12.9. The average Bonchev–Trinajstić information content (AvgIpc) is 2.18. The third-order valence-corrected chi connectivity index (χ3v) is 3.11. The number of amides is 1. The fourth-order valence-electron chi connectivity index (χ4n) is 1.09. The van der Waals surface area contributed by atoms with E-state index in [4.69, 9.17) is 0 Å². The first-order valence-electron chi connectivity index (χ1n) is 5.60. The number of thioether (sulfide) groups is 1. The van der Waals surface area contributed by atoms with Crippen LogP contribution in [0.2, 0.25) is 0 Å². The molecule has 0 aliphatic carbocycles. The highest BCUT2D eigenvalue weighted by molar-refractivity contribution is 7.99. The number of hydrogen-bond donors (Lipinski definition) is 2. The summed E-state index contributed by atoms with van der Waals surface area (Å²) in [7, 11) is 0. The summed E-state index contributed by atoms with van der Waals surface area (Å²) in [4.78, 5) is 11.3. The van der Waals surface area contributed by atoms with Crippen molar-refractivity contribution in [3.63, 3.8) is 0 Å². The van der Waals surface area contributed by atoms with Crippen molar-refractivity contribution in [3.05, 3.63) is 0 Å². The van der Waals surface area contributed by atoms with E-state index < -0.39 is 0 Å². The largest absolute Gasteiger partial charge is 0.393 e. The van der Waals surface area contributed by atoms with Crippen molar-refractivity contribution in [2.75, 3.05) is 18.1 Å². The summed E-state index contributed by atoms with van der Waals surface area (Å²) < 4.78 is 0. The molecule has 0 aromatic heterocycles. The summed E-state index contributed by atoms with van der Waals surface area (Å²) in [6.45, 7) is 6.62. The molecule has 90 valence electrons. The predicted molar refractivity (Wildman–Crippen MR) is 66.1 cm³/mol. The Balaban J connectivity index is 3.38. The molecule has 0 rings (SSSR count). The van der Waals surface area contributed by atoms with Crippen molar-refractivity contribution < 1.29 is 9.90 Å². The van der Waals surface area contributed by atoms with E-state index in [2.05, 4.69) is 12.2 Å². The molecule has 0 fully saturated rings. The molecule has 0 aromatic carbocycles. The molecule has 0 radical (unpaired) electrons. The number of hydrogen-bond acceptors (Lipinski definition) is 3. The van der Waals surface area contributed by atoms with Crippen LogP contribution in [-0.4, -0.2) is 35.2 Å². The molecule has 2 N–H and O–H groups in total. The molecule has 0 bridgehead atoms. The molecule has 15 heavy (non-hydrogen) atoms. The Morgan fingerprint density at radius 2 is 2.13 bits per heavy atom. The molecule has 1 unspecified atom stereocenters. The number of carbonyl (C=O) groups excluding carboxylic acids is 1. The topological polar surface area (TPSA) is 49.3 Å². The SMILES string of the molecule is CCSCCC(=O)NCCC(O)C(C)C. The first-order valence-corrected chi connectivity index (χ1v) is 6.75. The monoisotopic (exact) mass is 233 g/mol. The molecule has 3 nitrogen and oxygen atoms in total. The van der Waals surface area contributed by atoms with Crippen LogP contribution >= 0.6 is 11.8 Å². The summed E-state index contributed by atoms with van der Waals surface area (Å²) in [6, 6.07) is 0. The lowest BCUT2D eigenvalue weighted by Gasteiger charge is -2.14. The molecular weight excluding hydrogens is 210 g/mol. The van der Waals surface area contributed by atoms with Gasteiger partial charge in [-0.15, -0.1) is 0 Å². The first-order chi connectivity index (χ1) is 7.07. The Morgan fingerprint density at radius 1 is 1.47 bits per heavy atom. The maximum absolute atomic E-state index is 11.3. The standard InChI is InChI=1S/C11H23NO2S/c1-4-15-8-6-11(14)12-7-5-10(13)9(2)3/h9-10,13H,4-8H2,1-3H3,(H,12,14). The molecule has 0 saturated carbocycles. The van der Waals surface area contributed by atoms with E-state index in [0.29, 0.717) is 19.4 Å². The number of nitrogens with one attached hydrogen (secondary N) is 1. The molecule has 0 aliphatic rings. The van der Waals surface area contributed by atoms with Gasteiger partial charge in [-0.05, 0) is 18.1 Å². The second-order valence-electron chi connectivity index (χ2n) is 3.90. The summed E-state index contributed by atoms with van der Waals surface area (Å²) in [6.07, 6.45) is 0.913. The van der Waals surface area contributed by atoms with E-state index in [9.17, 15) is 9.90 Å². The van der Waals surface area contributed by atoms with E-state index in [1.807, 2.05) is 13.8 Å². The number of aliphatic hydroxyl groups is 1. The minimum Gasteiger partial charge on any atom is -0.393 e. The Hall–Kier alpha value is -0.220. The van der Waals surface area contributed by atoms with Gasteiger partial charge >= 0.3 is 0 Å². The summed E-state index contributed by atoms with van der Waals surface area (Å²) >= 11 is 1.77. The first kappa shape index (κ1) is 14.8. The molecule has 0 aliphatic heterocycles. The fourth-order valence-corrected chi connectivity index (χ4v) is 1.71. The zero-order chi connectivity index (χ0) is 11.7. The van der Waals surface area contributed by atoms with Crippen LogP contribution in [0.1, 0.15) is 33.6 Å². The van der Waals surface area contributed by atoms with Crippen LogP contribution in [0, 0.1) is 5.92 Å². The number of aliphatic hydroxyl groups excluding tert-OH is 1. The maximum atomic E-state index is 11.3. The van der Waals surface area contributed by atoms with Gasteiger partial charge in [0.1, 0.15) is 0 Å². The summed E-state index contributed by atoms with van der Waals surface area (Å²) in [5.74, 6) is 2.29. The highest BCUT2D eigenvalue weighted by Gasteiger charge is 2.09. The zero-order valence-electron chi connectivity index (χ0n) is 9.95. The van der Waals surface area contributed by atoms with Crippen LogP contribution in [0.25, 0.3) is 0 Å². The molecule has 0 saturated heterocycles. The van der Waals surface area contributed by atoms with Crippen molar-refractivity contribution in [2.24, 2.45) is 5.92 Å². The second kappa shape index (κ2) is 9.04. The van der Waals surface area contributed by atoms with Crippen LogP contribution in [0.15, 0.2) is 0 Å². The van der Waals surface area contributed by atoms with Crippen molar-refractivity contribution in [2.45, 2.75) is 39.7 Å². The van der Waals surface area contributed by atoms with E-state index in [1.54, 1.807) is 11.8 Å². The van der Waals surface area contributed by atoms with Gasteiger partial charge in [-0.25, -0.2) is 0 Å². The molecule has 0 heterocycles. The van der Waals surface area contributed by atoms with Crippen molar-refractivity contribution >= 4 is 17.7 Å². The highest BCUT2D eigenvalue weighted by atomic mass is 32.2. The second-order valence-corrected chi connectivity index (χ2v) is 5.29. The molecule has 0 aromatic rings. The Kier molecular flexibility index (Phi) is 8.91. The number of carbonyl (C=O) groups is 1. The summed E-state index contributed by atoms with van der Waals surface area (Å²) in [5.41, 5.74) is 0. The Labute approximate surface area is 97.0 Å². The molecule has 1 amide bonds. The zero-order valence-corrected chi connectivity index (χ0v) is 10.8. The van der Waals surface area contributed by atoms with E-state index in [1.165, 1.54) is 0 Å². The minimum absolute atomic E-state index is 0.0897. The van der Waals surface area contributed by atoms with E-state index in [-0.39, 0.29) is 17.9 Å². The van der Waals surface area contributed by atoms with Crippen LogP contribution in [0.4, 0.5) is 0 Å². The van der Waals surface area contributed by atoms with Gasteiger partial charge in [0.05, 0.1) is 6.10 Å². The molecule has 0 spiro atoms. The number of rotatable bonds is 8. The van der Waals surface area contributed by atoms with Gasteiger partial charge in [0, 0.05) is 18.7 Å². The van der Waals surface area contributed by atoms with E-state index in [0.717, 1.165) is 11.5 Å². The lowest BCUT2D eigenvalue weighted by atomic mass is 10.0. The maximum Gasteiger partial charge on any atom is 0.220 e. The Morgan fingerprint density at radius 3 is 2.67 bits per heavy atom. The molecular formula is C11H23NO2S. The van der Waals surface area contributed by atoms with Gasteiger partial charge in [0.15, 0.2) is 0 Å². The van der Waals surface area contributed by atoms with Gasteiger partial charge < -0.3 is 10.4 Å². The lowest BCUT2D eigenvalue weighted by molar-refractivity contribution is -0.120. The van der Waals surface area contributed by atoms with Gasteiger partial charge in [-0.2, -0.15) is 11.8 Å². The van der Waals surface area contributed by atoms with Gasteiger partial charge in [0.2, 0.25) is 5.91 Å². The highest BCUT2D eigenvalue weighted by Crippen LogP contribution is 2.04.